The van der Waals surface area contributed by atoms with Crippen molar-refractivity contribution in [3.8, 4) is 0 Å². The van der Waals surface area contributed by atoms with Crippen LogP contribution in [0.3, 0.4) is 0 Å². The van der Waals surface area contributed by atoms with Gasteiger partial charge in [-0.3, -0.25) is 4.79 Å². The summed E-state index contributed by atoms with van der Waals surface area (Å²) in [5.41, 5.74) is 2.08. The van der Waals surface area contributed by atoms with Crippen LogP contribution in [-0.2, 0) is 4.79 Å². The lowest BCUT2D eigenvalue weighted by Crippen LogP contribution is -2.44. The molecule has 1 atom stereocenters. The van der Waals surface area contributed by atoms with Gasteiger partial charge in [0, 0.05) is 37.3 Å². The van der Waals surface area contributed by atoms with E-state index in [0.717, 1.165) is 37.2 Å². The predicted molar refractivity (Wildman–Crippen MR) is 76.1 cm³/mol. The van der Waals surface area contributed by atoms with E-state index >= 15 is 0 Å². The molecule has 2 rings (SSSR count). The number of hydrogen-bond acceptors (Lipinski definition) is 3. The minimum atomic E-state index is -0.454. The first kappa shape index (κ1) is 13.9. The Morgan fingerprint density at radius 3 is 2.58 bits per heavy atom. The summed E-state index contributed by atoms with van der Waals surface area (Å²) in [6, 6.07) is 8.27. The number of hydrogen-bond donors (Lipinski definition) is 2. The van der Waals surface area contributed by atoms with E-state index in [-0.39, 0.29) is 11.9 Å². The van der Waals surface area contributed by atoms with E-state index in [0.29, 0.717) is 0 Å². The maximum absolute atomic E-state index is 11.0. The van der Waals surface area contributed by atoms with Gasteiger partial charge in [-0.05, 0) is 25.8 Å². The molecular formula is C15H22N2O2. The Labute approximate surface area is 114 Å². The summed E-state index contributed by atoms with van der Waals surface area (Å²) in [5, 5.41) is 12.8. The maximum Gasteiger partial charge on any atom is 0.217 e. The lowest BCUT2D eigenvalue weighted by molar-refractivity contribution is -0.119. The number of benzene rings is 1. The number of para-hydroxylation sites is 1. The molecule has 0 saturated carbocycles. The third-order valence-corrected chi connectivity index (χ3v) is 3.63. The number of carbonyl (C=O) groups excluding carboxylic acids is 1. The molecule has 0 bridgehead atoms. The predicted octanol–water partition coefficient (Wildman–Crippen LogP) is 1.84. The Morgan fingerprint density at radius 2 is 2.00 bits per heavy atom. The fraction of sp³-hybridized carbons (Fsp3) is 0.533. The third kappa shape index (κ3) is 3.47. The van der Waals surface area contributed by atoms with Gasteiger partial charge in [-0.15, -0.1) is 0 Å². The van der Waals surface area contributed by atoms with Crippen molar-refractivity contribution >= 4 is 11.6 Å². The average molecular weight is 262 g/mol. The Morgan fingerprint density at radius 1 is 1.37 bits per heavy atom. The number of rotatable bonds is 3. The summed E-state index contributed by atoms with van der Waals surface area (Å²) in [4.78, 5) is 13.3. The first-order valence-electron chi connectivity index (χ1n) is 6.87. The molecule has 1 aromatic rings. The van der Waals surface area contributed by atoms with Crippen LogP contribution >= 0.6 is 0 Å². The number of piperidine rings is 1. The van der Waals surface area contributed by atoms with Gasteiger partial charge in [0.1, 0.15) is 0 Å². The smallest absolute Gasteiger partial charge is 0.217 e. The Hall–Kier alpha value is -1.55. The molecule has 0 unspecified atom stereocenters. The molecule has 2 N–H and O–H groups in total. The minimum Gasteiger partial charge on any atom is -0.389 e. The number of nitrogens with one attached hydrogen (secondary N) is 1. The van der Waals surface area contributed by atoms with E-state index in [2.05, 4.69) is 16.3 Å². The summed E-state index contributed by atoms with van der Waals surface area (Å²) < 4.78 is 0. The summed E-state index contributed by atoms with van der Waals surface area (Å²) in [6.45, 7) is 5.18. The first-order valence-corrected chi connectivity index (χ1v) is 6.87. The van der Waals surface area contributed by atoms with Crippen LogP contribution in [0, 0.1) is 0 Å². The molecule has 0 radical (unpaired) electrons. The van der Waals surface area contributed by atoms with Gasteiger partial charge in [0.2, 0.25) is 5.91 Å². The fourth-order valence-corrected chi connectivity index (χ4v) is 2.68. The molecule has 4 nitrogen and oxygen atoms in total. The number of anilines is 1. The topological polar surface area (TPSA) is 52.6 Å². The van der Waals surface area contributed by atoms with Gasteiger partial charge < -0.3 is 15.3 Å². The van der Waals surface area contributed by atoms with E-state index in [1.165, 1.54) is 0 Å². The third-order valence-electron chi connectivity index (χ3n) is 3.63. The number of carbonyl (C=O) groups is 1. The van der Waals surface area contributed by atoms with Gasteiger partial charge in [0.25, 0.3) is 0 Å². The van der Waals surface area contributed by atoms with E-state index in [4.69, 9.17) is 0 Å². The van der Waals surface area contributed by atoms with Crippen molar-refractivity contribution in [3.63, 3.8) is 0 Å². The van der Waals surface area contributed by atoms with Crippen LogP contribution in [0.4, 0.5) is 5.69 Å². The zero-order valence-electron chi connectivity index (χ0n) is 11.6. The fourth-order valence-electron chi connectivity index (χ4n) is 2.68. The molecule has 1 saturated heterocycles. The highest BCUT2D eigenvalue weighted by atomic mass is 16.3. The van der Waals surface area contributed by atoms with Gasteiger partial charge in [-0.1, -0.05) is 18.2 Å². The van der Waals surface area contributed by atoms with Crippen LogP contribution in [-0.4, -0.2) is 30.1 Å². The van der Waals surface area contributed by atoms with Crippen molar-refractivity contribution in [3.05, 3.63) is 29.8 Å². The second-order valence-corrected chi connectivity index (χ2v) is 5.20. The summed E-state index contributed by atoms with van der Waals surface area (Å²) in [6.07, 6.45) is 1.45. The lowest BCUT2D eigenvalue weighted by Gasteiger charge is -2.35. The molecule has 1 aliphatic heterocycles. The van der Waals surface area contributed by atoms with Crippen molar-refractivity contribution < 1.29 is 9.90 Å². The number of aliphatic hydroxyl groups is 1. The highest BCUT2D eigenvalue weighted by molar-refractivity contribution is 5.73. The molecule has 0 aliphatic carbocycles. The van der Waals surface area contributed by atoms with Gasteiger partial charge >= 0.3 is 0 Å². The number of amides is 1. The van der Waals surface area contributed by atoms with Crippen LogP contribution in [0.1, 0.15) is 38.4 Å². The highest BCUT2D eigenvalue weighted by Gasteiger charge is 2.22. The molecule has 1 aliphatic rings. The Bertz CT molecular complexity index is 438. The first-order chi connectivity index (χ1) is 9.08. The van der Waals surface area contributed by atoms with Crippen LogP contribution in [0.15, 0.2) is 24.3 Å². The van der Waals surface area contributed by atoms with E-state index < -0.39 is 6.10 Å². The molecule has 19 heavy (non-hydrogen) atoms. The molecule has 4 heteroatoms. The average Bonchev–Trinajstić information content (AvgIpc) is 2.39. The second-order valence-electron chi connectivity index (χ2n) is 5.20. The van der Waals surface area contributed by atoms with Crippen molar-refractivity contribution in [2.45, 2.75) is 38.8 Å². The zero-order valence-corrected chi connectivity index (χ0v) is 11.6. The van der Waals surface area contributed by atoms with Gasteiger partial charge in [0.15, 0.2) is 0 Å². The largest absolute Gasteiger partial charge is 0.389 e. The summed E-state index contributed by atoms with van der Waals surface area (Å²) in [5.74, 6) is 0.0443. The van der Waals surface area contributed by atoms with E-state index in [1.807, 2.05) is 18.2 Å². The standard InChI is InChI=1S/C15H22N2O2/c1-11(18)14-5-3-4-6-15(14)17-9-7-13(8-10-17)16-12(2)19/h3-6,11,13,18H,7-10H2,1-2H3,(H,16,19)/t11-/m0/s1. The quantitative estimate of drug-likeness (QED) is 0.874. The zero-order chi connectivity index (χ0) is 13.8. The highest BCUT2D eigenvalue weighted by Crippen LogP contribution is 2.28. The van der Waals surface area contributed by atoms with Gasteiger partial charge in [-0.25, -0.2) is 0 Å². The van der Waals surface area contributed by atoms with E-state index in [9.17, 15) is 9.90 Å². The normalized spacial score (nSPS) is 18.2. The maximum atomic E-state index is 11.0. The molecule has 0 aromatic heterocycles. The van der Waals surface area contributed by atoms with E-state index in [1.54, 1.807) is 13.8 Å². The Kier molecular flexibility index (Phi) is 4.43. The minimum absolute atomic E-state index is 0.0443. The summed E-state index contributed by atoms with van der Waals surface area (Å²) in [7, 11) is 0. The molecular weight excluding hydrogens is 240 g/mol. The van der Waals surface area contributed by atoms with Crippen LogP contribution in [0.25, 0.3) is 0 Å². The molecule has 1 amide bonds. The van der Waals surface area contributed by atoms with Gasteiger partial charge in [-0.2, -0.15) is 0 Å². The molecule has 1 heterocycles. The van der Waals surface area contributed by atoms with Crippen molar-refractivity contribution in [1.82, 2.24) is 5.32 Å². The number of aliphatic hydroxyl groups excluding tert-OH is 1. The van der Waals surface area contributed by atoms with Crippen LogP contribution in [0.5, 0.6) is 0 Å². The SMILES string of the molecule is CC(=O)NC1CCN(c2ccccc2[C@H](C)O)CC1. The van der Waals surface area contributed by atoms with Crippen LogP contribution < -0.4 is 10.2 Å². The Balaban J connectivity index is 2.03. The van der Waals surface area contributed by atoms with Crippen molar-refractivity contribution in [2.24, 2.45) is 0 Å². The monoisotopic (exact) mass is 262 g/mol. The lowest BCUT2D eigenvalue weighted by atomic mass is 10.0. The van der Waals surface area contributed by atoms with Crippen LogP contribution in [0.2, 0.25) is 0 Å². The van der Waals surface area contributed by atoms with Gasteiger partial charge in [0.05, 0.1) is 6.10 Å². The number of nitrogens with zero attached hydrogens (tertiary/aromatic N) is 1. The van der Waals surface area contributed by atoms with Crippen molar-refractivity contribution in [1.29, 1.82) is 0 Å². The summed E-state index contributed by atoms with van der Waals surface area (Å²) >= 11 is 0. The second kappa shape index (κ2) is 6.06. The van der Waals surface area contributed by atoms with Crippen molar-refractivity contribution in [2.75, 3.05) is 18.0 Å². The molecule has 0 spiro atoms. The molecule has 104 valence electrons. The molecule has 1 aromatic carbocycles. The molecule has 1 fully saturated rings.